The average molecular weight is 301 g/mol. The fourth-order valence-corrected chi connectivity index (χ4v) is 2.27. The van der Waals surface area contributed by atoms with Crippen molar-refractivity contribution in [1.29, 1.82) is 5.26 Å². The Bertz CT molecular complexity index is 457. The molecular weight excluding hydrogens is 283 g/mol. The smallest absolute Gasteiger partial charge is 0.141 e. The van der Waals surface area contributed by atoms with Crippen molar-refractivity contribution in [3.8, 4) is 11.8 Å². The third kappa shape index (κ3) is 5.28. The average Bonchev–Trinajstić information content (AvgIpc) is 2.36. The maximum atomic E-state index is 8.49. The van der Waals surface area contributed by atoms with Crippen LogP contribution < -0.4 is 10.5 Å². The molecule has 104 valence electrons. The first-order valence-corrected chi connectivity index (χ1v) is 7.07. The molecule has 0 saturated carbocycles. The summed E-state index contributed by atoms with van der Waals surface area (Å²) >= 11 is 12.2. The van der Waals surface area contributed by atoms with Crippen molar-refractivity contribution in [2.45, 2.75) is 38.6 Å². The number of nitrogens with two attached hydrogens (primary N) is 1. The van der Waals surface area contributed by atoms with Crippen LogP contribution in [0.3, 0.4) is 0 Å². The Kier molecular flexibility index (Phi) is 7.01. The van der Waals surface area contributed by atoms with E-state index < -0.39 is 0 Å². The van der Waals surface area contributed by atoms with Crippen molar-refractivity contribution in [2.75, 3.05) is 6.61 Å². The van der Waals surface area contributed by atoms with E-state index >= 15 is 0 Å². The van der Waals surface area contributed by atoms with Gasteiger partial charge >= 0.3 is 0 Å². The molecule has 1 unspecified atom stereocenters. The quantitative estimate of drug-likeness (QED) is 0.776. The van der Waals surface area contributed by atoms with E-state index in [0.717, 1.165) is 12.0 Å². The Balaban J connectivity index is 2.84. The number of hydrogen-bond donors (Lipinski definition) is 1. The fraction of sp³-hybridized carbons (Fsp3) is 0.500. The molecule has 0 saturated heterocycles. The normalized spacial score (nSPS) is 11.9. The summed E-state index contributed by atoms with van der Waals surface area (Å²) in [5.74, 6) is 0.632. The van der Waals surface area contributed by atoms with Gasteiger partial charge in [-0.15, -0.1) is 0 Å². The van der Waals surface area contributed by atoms with Gasteiger partial charge in [-0.05, 0) is 37.0 Å². The number of hydrogen-bond acceptors (Lipinski definition) is 3. The molecule has 0 aromatic heterocycles. The second-order valence-corrected chi connectivity index (χ2v) is 5.20. The van der Waals surface area contributed by atoms with Gasteiger partial charge in [-0.2, -0.15) is 5.26 Å². The Labute approximate surface area is 124 Å². The van der Waals surface area contributed by atoms with Gasteiger partial charge in [-0.3, -0.25) is 0 Å². The van der Waals surface area contributed by atoms with Crippen LogP contribution in [0.15, 0.2) is 12.1 Å². The van der Waals surface area contributed by atoms with Crippen molar-refractivity contribution in [2.24, 2.45) is 5.73 Å². The Morgan fingerprint density at radius 3 is 2.79 bits per heavy atom. The molecule has 1 aromatic rings. The van der Waals surface area contributed by atoms with Crippen LogP contribution in [0.4, 0.5) is 0 Å². The number of unbranched alkanes of at least 4 members (excludes halogenated alkanes) is 1. The first kappa shape index (κ1) is 16.1. The van der Waals surface area contributed by atoms with Crippen LogP contribution in [0.2, 0.25) is 10.0 Å². The standard InChI is InChI=1S/C14H18Cl2N2O/c1-2-12(18)8-10-7-11(15)9-13(16)14(10)19-6-4-3-5-17/h7,9,12H,2-4,6,8,18H2,1H3. The lowest BCUT2D eigenvalue weighted by Gasteiger charge is -2.16. The summed E-state index contributed by atoms with van der Waals surface area (Å²) in [6, 6.07) is 5.62. The minimum atomic E-state index is 0.0518. The van der Waals surface area contributed by atoms with Crippen LogP contribution >= 0.6 is 23.2 Å². The lowest BCUT2D eigenvalue weighted by Crippen LogP contribution is -2.21. The van der Waals surface area contributed by atoms with E-state index in [1.54, 1.807) is 6.07 Å². The highest BCUT2D eigenvalue weighted by molar-refractivity contribution is 6.35. The number of halogens is 2. The molecule has 1 atom stereocenters. The summed E-state index contributed by atoms with van der Waals surface area (Å²) in [6.45, 7) is 2.49. The van der Waals surface area contributed by atoms with E-state index in [9.17, 15) is 0 Å². The van der Waals surface area contributed by atoms with Crippen molar-refractivity contribution in [1.82, 2.24) is 0 Å². The van der Waals surface area contributed by atoms with Gasteiger partial charge in [0.1, 0.15) is 5.75 Å². The molecule has 0 bridgehead atoms. The van der Waals surface area contributed by atoms with E-state index in [4.69, 9.17) is 38.9 Å². The molecule has 3 nitrogen and oxygen atoms in total. The van der Waals surface area contributed by atoms with Gasteiger partial charge < -0.3 is 10.5 Å². The van der Waals surface area contributed by atoms with Crippen molar-refractivity contribution in [3.63, 3.8) is 0 Å². The van der Waals surface area contributed by atoms with Gasteiger partial charge in [0.25, 0.3) is 0 Å². The van der Waals surface area contributed by atoms with Gasteiger partial charge in [-0.25, -0.2) is 0 Å². The van der Waals surface area contributed by atoms with Crippen molar-refractivity contribution in [3.05, 3.63) is 27.7 Å². The van der Waals surface area contributed by atoms with Crippen LogP contribution in [0.5, 0.6) is 5.75 Å². The van der Waals surface area contributed by atoms with Crippen LogP contribution in [0.1, 0.15) is 31.7 Å². The van der Waals surface area contributed by atoms with E-state index in [0.29, 0.717) is 41.7 Å². The molecule has 0 aliphatic carbocycles. The predicted molar refractivity (Wildman–Crippen MR) is 78.8 cm³/mol. The van der Waals surface area contributed by atoms with Gasteiger partial charge in [0.2, 0.25) is 0 Å². The third-order valence-corrected chi connectivity index (χ3v) is 3.27. The Morgan fingerprint density at radius 2 is 2.16 bits per heavy atom. The highest BCUT2D eigenvalue weighted by Crippen LogP contribution is 2.33. The molecule has 19 heavy (non-hydrogen) atoms. The SMILES string of the molecule is CCC(N)Cc1cc(Cl)cc(Cl)c1OCCCC#N. The van der Waals surface area contributed by atoms with E-state index in [1.807, 2.05) is 13.0 Å². The van der Waals surface area contributed by atoms with Crippen molar-refractivity contribution >= 4 is 23.2 Å². The molecule has 1 aromatic carbocycles. The fourth-order valence-electron chi connectivity index (χ4n) is 1.68. The van der Waals surface area contributed by atoms with Gasteiger partial charge in [0.05, 0.1) is 17.7 Å². The van der Waals surface area contributed by atoms with Gasteiger partial charge in [-0.1, -0.05) is 30.1 Å². The topological polar surface area (TPSA) is 59.0 Å². The molecule has 0 spiro atoms. The molecule has 0 radical (unpaired) electrons. The zero-order chi connectivity index (χ0) is 14.3. The minimum absolute atomic E-state index is 0.0518. The number of ether oxygens (including phenoxy) is 1. The number of benzene rings is 1. The second-order valence-electron chi connectivity index (χ2n) is 4.36. The number of nitrogens with zero attached hydrogens (tertiary/aromatic N) is 1. The zero-order valence-corrected chi connectivity index (χ0v) is 12.5. The number of nitriles is 1. The summed E-state index contributed by atoms with van der Waals surface area (Å²) in [4.78, 5) is 0. The summed E-state index contributed by atoms with van der Waals surface area (Å²) < 4.78 is 5.67. The molecule has 5 heteroatoms. The maximum absolute atomic E-state index is 8.49. The third-order valence-electron chi connectivity index (χ3n) is 2.77. The van der Waals surface area contributed by atoms with Crippen LogP contribution in [-0.2, 0) is 6.42 Å². The Morgan fingerprint density at radius 1 is 1.42 bits per heavy atom. The predicted octanol–water partition coefficient (Wildman–Crippen LogP) is 3.96. The zero-order valence-electron chi connectivity index (χ0n) is 11.0. The molecule has 0 fully saturated rings. The lowest BCUT2D eigenvalue weighted by molar-refractivity contribution is 0.309. The highest BCUT2D eigenvalue weighted by Gasteiger charge is 2.13. The van der Waals surface area contributed by atoms with Gasteiger partial charge in [0, 0.05) is 17.5 Å². The largest absolute Gasteiger partial charge is 0.492 e. The van der Waals surface area contributed by atoms with Gasteiger partial charge in [0.15, 0.2) is 0 Å². The molecule has 0 amide bonds. The van der Waals surface area contributed by atoms with Crippen LogP contribution in [0, 0.1) is 11.3 Å². The van der Waals surface area contributed by atoms with Crippen LogP contribution in [0.25, 0.3) is 0 Å². The second kappa shape index (κ2) is 8.27. The summed E-state index contributed by atoms with van der Waals surface area (Å²) in [6.07, 6.45) is 2.69. The monoisotopic (exact) mass is 300 g/mol. The first-order chi connectivity index (χ1) is 9.08. The summed E-state index contributed by atoms with van der Waals surface area (Å²) in [5.41, 5.74) is 6.89. The molecule has 2 N–H and O–H groups in total. The molecule has 0 aliphatic rings. The molecular formula is C14H18Cl2N2O. The molecule has 1 rings (SSSR count). The molecule has 0 heterocycles. The highest BCUT2D eigenvalue weighted by atomic mass is 35.5. The van der Waals surface area contributed by atoms with E-state index in [2.05, 4.69) is 6.07 Å². The summed E-state index contributed by atoms with van der Waals surface area (Å²) in [7, 11) is 0. The number of rotatable bonds is 7. The van der Waals surface area contributed by atoms with E-state index in [1.165, 1.54) is 0 Å². The lowest BCUT2D eigenvalue weighted by atomic mass is 10.0. The first-order valence-electron chi connectivity index (χ1n) is 6.31. The molecule has 0 aliphatic heterocycles. The Hall–Kier alpha value is -0.950. The van der Waals surface area contributed by atoms with Crippen LogP contribution in [-0.4, -0.2) is 12.6 Å². The maximum Gasteiger partial charge on any atom is 0.141 e. The minimum Gasteiger partial charge on any atom is -0.492 e. The summed E-state index contributed by atoms with van der Waals surface area (Å²) in [5, 5.41) is 9.56. The van der Waals surface area contributed by atoms with E-state index in [-0.39, 0.29) is 6.04 Å². The van der Waals surface area contributed by atoms with Crippen molar-refractivity contribution < 1.29 is 4.74 Å².